The van der Waals surface area contributed by atoms with E-state index in [0.29, 0.717) is 12.1 Å². The Bertz CT molecular complexity index is 625. The van der Waals surface area contributed by atoms with Crippen molar-refractivity contribution in [1.29, 1.82) is 0 Å². The molecular weight excluding hydrogens is 493 g/mol. The molecule has 0 spiro atoms. The van der Waals surface area contributed by atoms with Gasteiger partial charge in [0.1, 0.15) is 12.4 Å². The SMILES string of the molecule is CN=C(NCC(C)N1CCOCC1C)N1CCN(CCOc2ccccc2)CC1.I. The zero-order chi connectivity index (χ0) is 20.5. The maximum atomic E-state index is 5.83. The zero-order valence-electron chi connectivity index (χ0n) is 18.6. The molecule has 2 atom stereocenters. The number of guanidine groups is 1. The fourth-order valence-electron chi connectivity index (χ4n) is 4.08. The minimum Gasteiger partial charge on any atom is -0.492 e. The van der Waals surface area contributed by atoms with Crippen molar-refractivity contribution < 1.29 is 9.47 Å². The molecule has 0 aromatic heterocycles. The molecular formula is C22H38IN5O2. The molecule has 2 unspecified atom stereocenters. The molecule has 0 radical (unpaired) electrons. The minimum atomic E-state index is 0. The highest BCUT2D eigenvalue weighted by molar-refractivity contribution is 14.0. The molecule has 2 heterocycles. The fourth-order valence-corrected chi connectivity index (χ4v) is 4.08. The number of hydrogen-bond donors (Lipinski definition) is 1. The van der Waals surface area contributed by atoms with Crippen LogP contribution in [-0.4, -0.2) is 105 Å². The van der Waals surface area contributed by atoms with Gasteiger partial charge >= 0.3 is 0 Å². The van der Waals surface area contributed by atoms with Crippen LogP contribution in [0.2, 0.25) is 0 Å². The molecule has 1 N–H and O–H groups in total. The van der Waals surface area contributed by atoms with Crippen molar-refractivity contribution in [1.82, 2.24) is 20.0 Å². The average molecular weight is 531 g/mol. The summed E-state index contributed by atoms with van der Waals surface area (Å²) < 4.78 is 11.4. The highest BCUT2D eigenvalue weighted by Crippen LogP contribution is 2.11. The third-order valence-electron chi connectivity index (χ3n) is 5.84. The van der Waals surface area contributed by atoms with Crippen molar-refractivity contribution in [3.05, 3.63) is 30.3 Å². The van der Waals surface area contributed by atoms with E-state index in [2.05, 4.69) is 38.9 Å². The number of nitrogens with one attached hydrogen (secondary N) is 1. The summed E-state index contributed by atoms with van der Waals surface area (Å²) in [4.78, 5) is 11.9. The van der Waals surface area contributed by atoms with Gasteiger partial charge < -0.3 is 19.7 Å². The smallest absolute Gasteiger partial charge is 0.193 e. The van der Waals surface area contributed by atoms with E-state index in [1.807, 2.05) is 37.4 Å². The summed E-state index contributed by atoms with van der Waals surface area (Å²) in [6.07, 6.45) is 0. The molecule has 0 aliphatic carbocycles. The highest BCUT2D eigenvalue weighted by Gasteiger charge is 2.25. The first-order chi connectivity index (χ1) is 14.2. The molecule has 170 valence electrons. The molecule has 0 saturated carbocycles. The predicted molar refractivity (Wildman–Crippen MR) is 133 cm³/mol. The van der Waals surface area contributed by atoms with E-state index in [0.717, 1.165) is 77.3 Å². The second-order valence-corrected chi connectivity index (χ2v) is 7.93. The number of nitrogens with zero attached hydrogens (tertiary/aromatic N) is 4. The third-order valence-corrected chi connectivity index (χ3v) is 5.84. The summed E-state index contributed by atoms with van der Waals surface area (Å²) in [6, 6.07) is 11.0. The van der Waals surface area contributed by atoms with Crippen molar-refractivity contribution in [2.45, 2.75) is 25.9 Å². The van der Waals surface area contributed by atoms with E-state index in [1.54, 1.807) is 0 Å². The number of piperazine rings is 1. The standard InChI is InChI=1S/C22H37N5O2.HI/c1-19(27-14-15-28-18-20(27)2)17-24-22(23-3)26-11-9-25(10-12-26)13-16-29-21-7-5-4-6-8-21;/h4-8,19-20H,9-18H2,1-3H3,(H,23,24);1H. The van der Waals surface area contributed by atoms with Crippen LogP contribution in [0, 0.1) is 0 Å². The van der Waals surface area contributed by atoms with Gasteiger partial charge in [-0.2, -0.15) is 0 Å². The molecule has 7 nitrogen and oxygen atoms in total. The largest absolute Gasteiger partial charge is 0.492 e. The van der Waals surface area contributed by atoms with Crippen LogP contribution in [0.5, 0.6) is 5.75 Å². The number of benzene rings is 1. The van der Waals surface area contributed by atoms with Gasteiger partial charge in [-0.1, -0.05) is 18.2 Å². The zero-order valence-corrected chi connectivity index (χ0v) is 21.0. The summed E-state index contributed by atoms with van der Waals surface area (Å²) in [5.41, 5.74) is 0. The Kier molecular flexibility index (Phi) is 11.2. The van der Waals surface area contributed by atoms with E-state index in [9.17, 15) is 0 Å². The van der Waals surface area contributed by atoms with Gasteiger partial charge in [0.15, 0.2) is 5.96 Å². The average Bonchev–Trinajstić information content (AvgIpc) is 2.76. The Morgan fingerprint density at radius 2 is 1.93 bits per heavy atom. The van der Waals surface area contributed by atoms with Crippen molar-refractivity contribution in [2.75, 3.05) is 72.7 Å². The number of para-hydroxylation sites is 1. The van der Waals surface area contributed by atoms with Crippen LogP contribution in [0.25, 0.3) is 0 Å². The molecule has 30 heavy (non-hydrogen) atoms. The summed E-state index contributed by atoms with van der Waals surface area (Å²) in [7, 11) is 1.88. The molecule has 0 bridgehead atoms. The molecule has 0 amide bonds. The maximum absolute atomic E-state index is 5.83. The Hall–Kier alpha value is -1.10. The number of morpholine rings is 1. The fraction of sp³-hybridized carbons (Fsp3) is 0.682. The number of ether oxygens (including phenoxy) is 2. The topological polar surface area (TPSA) is 52.6 Å². The van der Waals surface area contributed by atoms with Gasteiger partial charge in [0.25, 0.3) is 0 Å². The monoisotopic (exact) mass is 531 g/mol. The highest BCUT2D eigenvalue weighted by atomic mass is 127. The van der Waals surface area contributed by atoms with Gasteiger partial charge in [-0.05, 0) is 26.0 Å². The van der Waals surface area contributed by atoms with Gasteiger partial charge in [-0.15, -0.1) is 24.0 Å². The van der Waals surface area contributed by atoms with Crippen molar-refractivity contribution in [2.24, 2.45) is 4.99 Å². The number of hydrogen-bond acceptors (Lipinski definition) is 5. The molecule has 2 saturated heterocycles. The predicted octanol–water partition coefficient (Wildman–Crippen LogP) is 1.99. The van der Waals surface area contributed by atoms with Gasteiger partial charge in [0.05, 0.1) is 13.2 Å². The van der Waals surface area contributed by atoms with Crippen LogP contribution >= 0.6 is 24.0 Å². The summed E-state index contributed by atoms with van der Waals surface area (Å²) in [5, 5.41) is 3.59. The van der Waals surface area contributed by atoms with Gasteiger partial charge in [0, 0.05) is 64.9 Å². The van der Waals surface area contributed by atoms with Crippen LogP contribution in [0.4, 0.5) is 0 Å². The first-order valence-electron chi connectivity index (χ1n) is 10.9. The van der Waals surface area contributed by atoms with E-state index < -0.39 is 0 Å². The second-order valence-electron chi connectivity index (χ2n) is 7.93. The van der Waals surface area contributed by atoms with E-state index in [1.165, 1.54) is 0 Å². The first kappa shape index (κ1) is 25.2. The van der Waals surface area contributed by atoms with Crippen molar-refractivity contribution in [3.63, 3.8) is 0 Å². The van der Waals surface area contributed by atoms with Crippen molar-refractivity contribution >= 4 is 29.9 Å². The van der Waals surface area contributed by atoms with E-state index >= 15 is 0 Å². The minimum absolute atomic E-state index is 0. The number of halogens is 1. The van der Waals surface area contributed by atoms with Crippen LogP contribution in [0.1, 0.15) is 13.8 Å². The second kappa shape index (κ2) is 13.3. The normalized spacial score (nSPS) is 22.3. The number of aliphatic imine (C=N–C) groups is 1. The van der Waals surface area contributed by atoms with Crippen LogP contribution < -0.4 is 10.1 Å². The summed E-state index contributed by atoms with van der Waals surface area (Å²) in [6.45, 7) is 13.8. The Labute approximate surface area is 198 Å². The molecule has 2 fully saturated rings. The lowest BCUT2D eigenvalue weighted by Crippen LogP contribution is -2.56. The van der Waals surface area contributed by atoms with Crippen LogP contribution in [0.3, 0.4) is 0 Å². The maximum Gasteiger partial charge on any atom is 0.193 e. The summed E-state index contributed by atoms with van der Waals surface area (Å²) in [5.74, 6) is 1.96. The van der Waals surface area contributed by atoms with Crippen LogP contribution in [0.15, 0.2) is 35.3 Å². The van der Waals surface area contributed by atoms with Gasteiger partial charge in [-0.25, -0.2) is 0 Å². The number of rotatable bonds is 7. The third kappa shape index (κ3) is 7.55. The Morgan fingerprint density at radius 1 is 1.20 bits per heavy atom. The summed E-state index contributed by atoms with van der Waals surface area (Å²) >= 11 is 0. The Morgan fingerprint density at radius 3 is 2.60 bits per heavy atom. The lowest BCUT2D eigenvalue weighted by Gasteiger charge is -2.39. The molecule has 2 aliphatic rings. The molecule has 1 aromatic rings. The van der Waals surface area contributed by atoms with E-state index in [4.69, 9.17) is 9.47 Å². The molecule has 8 heteroatoms. The molecule has 1 aromatic carbocycles. The van der Waals surface area contributed by atoms with Gasteiger partial charge in [-0.3, -0.25) is 14.8 Å². The molecule has 2 aliphatic heterocycles. The van der Waals surface area contributed by atoms with Crippen molar-refractivity contribution in [3.8, 4) is 5.75 Å². The Balaban J connectivity index is 0.00000320. The molecule has 3 rings (SSSR count). The van der Waals surface area contributed by atoms with E-state index in [-0.39, 0.29) is 24.0 Å². The quantitative estimate of drug-likeness (QED) is 0.330. The lowest BCUT2D eigenvalue weighted by atomic mass is 10.2. The van der Waals surface area contributed by atoms with Crippen LogP contribution in [-0.2, 0) is 4.74 Å². The first-order valence-corrected chi connectivity index (χ1v) is 10.9. The van der Waals surface area contributed by atoms with Gasteiger partial charge in [0.2, 0.25) is 0 Å². The lowest BCUT2D eigenvalue weighted by molar-refractivity contribution is -0.0175.